The van der Waals surface area contributed by atoms with Crippen molar-refractivity contribution in [1.29, 1.82) is 0 Å². The number of imidazole rings is 1. The van der Waals surface area contributed by atoms with E-state index in [9.17, 15) is 4.79 Å². The maximum atomic E-state index is 11.7. The van der Waals surface area contributed by atoms with Crippen LogP contribution in [0.1, 0.15) is 5.69 Å². The lowest BCUT2D eigenvalue weighted by atomic mass is 10.4. The molecule has 18 heavy (non-hydrogen) atoms. The van der Waals surface area contributed by atoms with Gasteiger partial charge in [-0.25, -0.2) is 4.98 Å². The fraction of sp³-hybridized carbons (Fsp3) is 0.0769. The van der Waals surface area contributed by atoms with Crippen LogP contribution in [0.15, 0.2) is 53.7 Å². The standard InChI is InChI=1S/C13H12N4O/c14-10-4-5-13(18)17(7-10)9-11-8-16-6-2-1-3-12(16)15-11/h1-8H,9,14H2. The molecule has 3 aromatic rings. The highest BCUT2D eigenvalue weighted by molar-refractivity contribution is 5.39. The summed E-state index contributed by atoms with van der Waals surface area (Å²) in [5.41, 5.74) is 7.85. The number of nitrogens with zero attached hydrogens (tertiary/aromatic N) is 3. The number of rotatable bonds is 2. The van der Waals surface area contributed by atoms with Crippen LogP contribution in [0.3, 0.4) is 0 Å². The molecule has 0 unspecified atom stereocenters. The Bertz CT molecular complexity index is 724. The van der Waals surface area contributed by atoms with Crippen molar-refractivity contribution in [2.75, 3.05) is 5.73 Å². The second kappa shape index (κ2) is 4.03. The van der Waals surface area contributed by atoms with Gasteiger partial charge in [0.15, 0.2) is 0 Å². The minimum absolute atomic E-state index is 0.0822. The molecule has 0 saturated carbocycles. The van der Waals surface area contributed by atoms with Crippen LogP contribution in [0, 0.1) is 0 Å². The van der Waals surface area contributed by atoms with Gasteiger partial charge in [0, 0.05) is 30.3 Å². The predicted molar refractivity (Wildman–Crippen MR) is 69.4 cm³/mol. The van der Waals surface area contributed by atoms with Gasteiger partial charge < -0.3 is 14.7 Å². The first-order valence-corrected chi connectivity index (χ1v) is 5.61. The van der Waals surface area contributed by atoms with Gasteiger partial charge in [0.25, 0.3) is 5.56 Å². The van der Waals surface area contributed by atoms with Crippen molar-refractivity contribution in [3.8, 4) is 0 Å². The third-order valence-electron chi connectivity index (χ3n) is 2.75. The molecule has 2 N–H and O–H groups in total. The molecule has 0 atom stereocenters. The molecule has 5 heteroatoms. The number of hydrogen-bond donors (Lipinski definition) is 1. The second-order valence-electron chi connectivity index (χ2n) is 4.13. The Labute approximate surface area is 103 Å². The maximum absolute atomic E-state index is 11.7. The Hall–Kier alpha value is -2.56. The molecule has 0 spiro atoms. The summed E-state index contributed by atoms with van der Waals surface area (Å²) in [5, 5.41) is 0. The maximum Gasteiger partial charge on any atom is 0.251 e. The molecule has 90 valence electrons. The number of pyridine rings is 2. The van der Waals surface area contributed by atoms with E-state index in [2.05, 4.69) is 4.98 Å². The van der Waals surface area contributed by atoms with Crippen LogP contribution in [0.5, 0.6) is 0 Å². The minimum atomic E-state index is -0.0822. The Morgan fingerprint density at radius 3 is 2.89 bits per heavy atom. The third-order valence-corrected chi connectivity index (χ3v) is 2.75. The van der Waals surface area contributed by atoms with Gasteiger partial charge in [0.05, 0.1) is 12.2 Å². The normalized spacial score (nSPS) is 10.9. The first kappa shape index (κ1) is 10.6. The molecule has 0 aromatic carbocycles. The highest BCUT2D eigenvalue weighted by atomic mass is 16.1. The van der Waals surface area contributed by atoms with Gasteiger partial charge in [-0.1, -0.05) is 6.07 Å². The van der Waals surface area contributed by atoms with Crippen molar-refractivity contribution in [2.24, 2.45) is 0 Å². The molecule has 3 rings (SSSR count). The molecule has 0 aliphatic carbocycles. The highest BCUT2D eigenvalue weighted by Crippen LogP contribution is 2.06. The molecule has 3 aromatic heterocycles. The monoisotopic (exact) mass is 240 g/mol. The molecule has 0 radical (unpaired) electrons. The average Bonchev–Trinajstić information content (AvgIpc) is 2.76. The quantitative estimate of drug-likeness (QED) is 0.730. The number of nitrogen functional groups attached to an aromatic ring is 1. The Morgan fingerprint density at radius 2 is 2.06 bits per heavy atom. The highest BCUT2D eigenvalue weighted by Gasteiger charge is 2.03. The minimum Gasteiger partial charge on any atom is -0.398 e. The van der Waals surface area contributed by atoms with Crippen LogP contribution in [0.4, 0.5) is 5.69 Å². The van der Waals surface area contributed by atoms with E-state index in [-0.39, 0.29) is 5.56 Å². The molecular formula is C13H12N4O. The zero-order chi connectivity index (χ0) is 12.5. The zero-order valence-electron chi connectivity index (χ0n) is 9.65. The average molecular weight is 240 g/mol. The number of fused-ring (bicyclic) bond motifs is 1. The van der Waals surface area contributed by atoms with Crippen molar-refractivity contribution in [3.63, 3.8) is 0 Å². The molecule has 0 amide bonds. The first-order chi connectivity index (χ1) is 8.72. The SMILES string of the molecule is Nc1ccc(=O)n(Cc2cn3ccccc3n2)c1. The second-order valence-corrected chi connectivity index (χ2v) is 4.13. The van der Waals surface area contributed by atoms with E-state index in [4.69, 9.17) is 5.73 Å². The van der Waals surface area contributed by atoms with E-state index in [1.54, 1.807) is 16.8 Å². The van der Waals surface area contributed by atoms with Crippen molar-refractivity contribution in [3.05, 3.63) is 65.0 Å². The summed E-state index contributed by atoms with van der Waals surface area (Å²) in [6.45, 7) is 0.422. The van der Waals surface area contributed by atoms with Gasteiger partial charge in [0.2, 0.25) is 0 Å². The summed E-state index contributed by atoms with van der Waals surface area (Å²) in [6.07, 6.45) is 5.46. The molecule has 0 fully saturated rings. The number of aromatic nitrogens is 3. The van der Waals surface area contributed by atoms with E-state index in [0.29, 0.717) is 12.2 Å². The molecule has 5 nitrogen and oxygen atoms in total. The number of anilines is 1. The van der Waals surface area contributed by atoms with Crippen LogP contribution >= 0.6 is 0 Å². The first-order valence-electron chi connectivity index (χ1n) is 5.61. The molecule has 0 saturated heterocycles. The lowest BCUT2D eigenvalue weighted by Gasteiger charge is -2.03. The zero-order valence-corrected chi connectivity index (χ0v) is 9.65. The van der Waals surface area contributed by atoms with Crippen LogP contribution in [-0.2, 0) is 6.54 Å². The van der Waals surface area contributed by atoms with E-state index >= 15 is 0 Å². The van der Waals surface area contributed by atoms with E-state index < -0.39 is 0 Å². The van der Waals surface area contributed by atoms with Crippen LogP contribution in [0.2, 0.25) is 0 Å². The summed E-state index contributed by atoms with van der Waals surface area (Å²) < 4.78 is 3.48. The molecule has 0 aliphatic heterocycles. The van der Waals surface area contributed by atoms with Crippen LogP contribution in [-0.4, -0.2) is 14.0 Å². The fourth-order valence-electron chi connectivity index (χ4n) is 1.91. The number of hydrogen-bond acceptors (Lipinski definition) is 3. The topological polar surface area (TPSA) is 65.3 Å². The van der Waals surface area contributed by atoms with Crippen LogP contribution < -0.4 is 11.3 Å². The summed E-state index contributed by atoms with van der Waals surface area (Å²) >= 11 is 0. The summed E-state index contributed by atoms with van der Waals surface area (Å²) in [6, 6.07) is 8.85. The lowest BCUT2D eigenvalue weighted by molar-refractivity contribution is 0.746. The lowest BCUT2D eigenvalue weighted by Crippen LogP contribution is -2.19. The van der Waals surface area contributed by atoms with Crippen molar-refractivity contribution in [2.45, 2.75) is 6.54 Å². The molecule has 3 heterocycles. The third kappa shape index (κ3) is 1.86. The van der Waals surface area contributed by atoms with E-state index in [1.807, 2.05) is 35.0 Å². The summed E-state index contributed by atoms with van der Waals surface area (Å²) in [7, 11) is 0. The summed E-state index contributed by atoms with van der Waals surface area (Å²) in [4.78, 5) is 16.1. The predicted octanol–water partition coefficient (Wildman–Crippen LogP) is 1.13. The Balaban J connectivity index is 2.01. The molecule has 0 aliphatic rings. The van der Waals surface area contributed by atoms with Gasteiger partial charge in [-0.15, -0.1) is 0 Å². The Morgan fingerprint density at radius 1 is 1.17 bits per heavy atom. The van der Waals surface area contributed by atoms with Gasteiger partial charge in [0.1, 0.15) is 5.65 Å². The number of nitrogens with two attached hydrogens (primary N) is 1. The van der Waals surface area contributed by atoms with Gasteiger partial charge in [-0.2, -0.15) is 0 Å². The van der Waals surface area contributed by atoms with E-state index in [0.717, 1.165) is 11.3 Å². The van der Waals surface area contributed by atoms with Gasteiger partial charge >= 0.3 is 0 Å². The molecular weight excluding hydrogens is 228 g/mol. The molecule has 0 bridgehead atoms. The summed E-state index contributed by atoms with van der Waals surface area (Å²) in [5.74, 6) is 0. The van der Waals surface area contributed by atoms with Crippen molar-refractivity contribution < 1.29 is 0 Å². The largest absolute Gasteiger partial charge is 0.398 e. The smallest absolute Gasteiger partial charge is 0.251 e. The van der Waals surface area contributed by atoms with Gasteiger partial charge in [-0.3, -0.25) is 4.79 Å². The van der Waals surface area contributed by atoms with Crippen molar-refractivity contribution >= 4 is 11.3 Å². The fourth-order valence-corrected chi connectivity index (χ4v) is 1.91. The van der Waals surface area contributed by atoms with Crippen LogP contribution in [0.25, 0.3) is 5.65 Å². The Kier molecular flexibility index (Phi) is 2.37. The van der Waals surface area contributed by atoms with E-state index in [1.165, 1.54) is 6.07 Å². The van der Waals surface area contributed by atoms with Crippen molar-refractivity contribution in [1.82, 2.24) is 14.0 Å². The van der Waals surface area contributed by atoms with Gasteiger partial charge in [-0.05, 0) is 18.2 Å².